The molecule has 2 aromatic heterocycles. The molecule has 2 heterocycles. The van der Waals surface area contributed by atoms with Gasteiger partial charge in [-0.1, -0.05) is 6.07 Å². The number of hydrogen-bond acceptors (Lipinski definition) is 2. The average molecular weight is 234 g/mol. The van der Waals surface area contributed by atoms with Gasteiger partial charge in [0.15, 0.2) is 0 Å². The van der Waals surface area contributed by atoms with Gasteiger partial charge in [0.25, 0.3) is 5.91 Å². The highest BCUT2D eigenvalue weighted by Gasteiger charge is 2.14. The fourth-order valence-electron chi connectivity index (χ4n) is 1.93. The number of primary amides is 1. The zero-order valence-electron chi connectivity index (χ0n) is 9.36. The van der Waals surface area contributed by atoms with Crippen LogP contribution in [0, 0.1) is 13.8 Å². The van der Waals surface area contributed by atoms with Gasteiger partial charge in [0.2, 0.25) is 0 Å². The Labute approximate surface area is 98.5 Å². The van der Waals surface area contributed by atoms with Crippen LogP contribution >= 0.6 is 11.3 Å². The third-order valence-corrected chi connectivity index (χ3v) is 3.55. The third-order valence-electron chi connectivity index (χ3n) is 2.69. The van der Waals surface area contributed by atoms with E-state index in [0.29, 0.717) is 5.56 Å². The predicted octanol–water partition coefficient (Wildman–Crippen LogP) is 2.31. The van der Waals surface area contributed by atoms with Crippen LogP contribution in [-0.4, -0.2) is 10.5 Å². The Balaban J connectivity index is 2.36. The Morgan fingerprint density at radius 3 is 2.75 bits per heavy atom. The highest BCUT2D eigenvalue weighted by Crippen LogP contribution is 2.18. The predicted molar refractivity (Wildman–Crippen MR) is 65.8 cm³/mol. The lowest BCUT2D eigenvalue weighted by Gasteiger charge is -2.04. The Morgan fingerprint density at radius 2 is 2.25 bits per heavy atom. The molecule has 0 aliphatic carbocycles. The van der Waals surface area contributed by atoms with Crippen LogP contribution in [0.4, 0.5) is 0 Å². The highest BCUT2D eigenvalue weighted by atomic mass is 32.1. The second-order valence-corrected chi connectivity index (χ2v) is 4.88. The van der Waals surface area contributed by atoms with Crippen LogP contribution in [0.25, 0.3) is 0 Å². The maximum atomic E-state index is 11.3. The molecular weight excluding hydrogens is 220 g/mol. The number of aromatic nitrogens is 1. The van der Waals surface area contributed by atoms with E-state index in [2.05, 4.69) is 16.0 Å². The van der Waals surface area contributed by atoms with Crippen LogP contribution in [0.3, 0.4) is 0 Å². The molecule has 3 nitrogen and oxygen atoms in total. The number of hydrogen-bond donors (Lipinski definition) is 1. The zero-order chi connectivity index (χ0) is 11.7. The van der Waals surface area contributed by atoms with Crippen molar-refractivity contribution in [3.8, 4) is 0 Å². The lowest BCUT2D eigenvalue weighted by atomic mass is 10.1. The molecule has 0 radical (unpaired) electrons. The molecule has 0 spiro atoms. The van der Waals surface area contributed by atoms with E-state index in [-0.39, 0.29) is 5.91 Å². The Hall–Kier alpha value is -1.55. The minimum absolute atomic E-state index is 0.347. The molecule has 0 aromatic carbocycles. The van der Waals surface area contributed by atoms with E-state index in [0.717, 1.165) is 17.8 Å². The first-order valence-electron chi connectivity index (χ1n) is 5.08. The minimum atomic E-state index is -0.347. The largest absolute Gasteiger partial charge is 0.366 e. The number of amides is 1. The summed E-state index contributed by atoms with van der Waals surface area (Å²) in [7, 11) is 0. The standard InChI is InChI=1S/C12H14N2OS/c1-8-6-14(7-10-4-3-5-16-10)9(2)11(8)12(13)15/h3-6H,7H2,1-2H3,(H2,13,15). The fourth-order valence-corrected chi connectivity index (χ4v) is 2.63. The zero-order valence-corrected chi connectivity index (χ0v) is 10.2. The average Bonchev–Trinajstić information content (AvgIpc) is 2.76. The van der Waals surface area contributed by atoms with E-state index in [4.69, 9.17) is 5.73 Å². The number of carbonyl (C=O) groups excluding carboxylic acids is 1. The molecule has 16 heavy (non-hydrogen) atoms. The highest BCUT2D eigenvalue weighted by molar-refractivity contribution is 7.09. The molecule has 2 rings (SSSR count). The van der Waals surface area contributed by atoms with E-state index in [1.165, 1.54) is 4.88 Å². The number of nitrogens with two attached hydrogens (primary N) is 1. The van der Waals surface area contributed by atoms with Crippen molar-refractivity contribution in [2.45, 2.75) is 20.4 Å². The number of thiophene rings is 1. The van der Waals surface area contributed by atoms with Crippen molar-refractivity contribution in [2.24, 2.45) is 5.73 Å². The first kappa shape index (κ1) is 11.0. The summed E-state index contributed by atoms with van der Waals surface area (Å²) in [6, 6.07) is 4.12. The maximum absolute atomic E-state index is 11.3. The van der Waals surface area contributed by atoms with Crippen molar-refractivity contribution in [2.75, 3.05) is 0 Å². The molecule has 4 heteroatoms. The summed E-state index contributed by atoms with van der Waals surface area (Å²) in [6.45, 7) is 4.65. The van der Waals surface area contributed by atoms with E-state index in [9.17, 15) is 4.79 Å². The van der Waals surface area contributed by atoms with Crippen molar-refractivity contribution in [3.05, 3.63) is 45.4 Å². The molecule has 0 aliphatic heterocycles. The summed E-state index contributed by atoms with van der Waals surface area (Å²) in [4.78, 5) is 12.5. The number of rotatable bonds is 3. The van der Waals surface area contributed by atoms with Gasteiger partial charge in [-0.25, -0.2) is 0 Å². The molecule has 0 saturated carbocycles. The van der Waals surface area contributed by atoms with Crippen molar-refractivity contribution in [1.29, 1.82) is 0 Å². The second-order valence-electron chi connectivity index (χ2n) is 3.84. The normalized spacial score (nSPS) is 10.6. The van der Waals surface area contributed by atoms with E-state index in [1.807, 2.05) is 26.1 Å². The molecule has 0 unspecified atom stereocenters. The molecule has 2 N–H and O–H groups in total. The van der Waals surface area contributed by atoms with Crippen LogP contribution in [0.2, 0.25) is 0 Å². The number of aryl methyl sites for hydroxylation is 1. The quantitative estimate of drug-likeness (QED) is 0.870. The molecule has 1 amide bonds. The molecule has 0 fully saturated rings. The van der Waals surface area contributed by atoms with Crippen molar-refractivity contribution < 1.29 is 4.79 Å². The topological polar surface area (TPSA) is 48.0 Å². The molecule has 0 atom stereocenters. The monoisotopic (exact) mass is 234 g/mol. The minimum Gasteiger partial charge on any atom is -0.366 e. The Kier molecular flexibility index (Phi) is 2.83. The lowest BCUT2D eigenvalue weighted by molar-refractivity contribution is 0.0999. The number of carbonyl (C=O) groups is 1. The van der Waals surface area contributed by atoms with Gasteiger partial charge in [0, 0.05) is 16.8 Å². The van der Waals surface area contributed by atoms with Crippen molar-refractivity contribution in [3.63, 3.8) is 0 Å². The fraction of sp³-hybridized carbons (Fsp3) is 0.250. The van der Waals surface area contributed by atoms with Gasteiger partial charge in [-0.3, -0.25) is 4.79 Å². The van der Waals surface area contributed by atoms with Gasteiger partial charge in [0.05, 0.1) is 12.1 Å². The third kappa shape index (κ3) is 1.88. The summed E-state index contributed by atoms with van der Waals surface area (Å²) in [5, 5.41) is 2.05. The van der Waals surface area contributed by atoms with E-state index in [1.54, 1.807) is 11.3 Å². The SMILES string of the molecule is Cc1cn(Cc2cccs2)c(C)c1C(N)=O. The Morgan fingerprint density at radius 1 is 1.50 bits per heavy atom. The first-order valence-corrected chi connectivity index (χ1v) is 5.96. The maximum Gasteiger partial charge on any atom is 0.250 e. The van der Waals surface area contributed by atoms with Gasteiger partial charge >= 0.3 is 0 Å². The molecule has 0 aliphatic rings. The summed E-state index contributed by atoms with van der Waals surface area (Å²) >= 11 is 1.71. The van der Waals surface area contributed by atoms with Crippen LogP contribution < -0.4 is 5.73 Å². The van der Waals surface area contributed by atoms with Gasteiger partial charge in [-0.05, 0) is 30.9 Å². The van der Waals surface area contributed by atoms with E-state index < -0.39 is 0 Å². The van der Waals surface area contributed by atoms with Crippen molar-refractivity contribution >= 4 is 17.2 Å². The van der Waals surface area contributed by atoms with Gasteiger partial charge in [-0.15, -0.1) is 11.3 Å². The van der Waals surface area contributed by atoms with Gasteiger partial charge in [-0.2, -0.15) is 0 Å². The summed E-state index contributed by atoms with van der Waals surface area (Å²) < 4.78 is 2.07. The van der Waals surface area contributed by atoms with Crippen LogP contribution in [-0.2, 0) is 6.54 Å². The van der Waals surface area contributed by atoms with Crippen LogP contribution in [0.5, 0.6) is 0 Å². The molecule has 0 bridgehead atoms. The van der Waals surface area contributed by atoms with Gasteiger partial charge in [0.1, 0.15) is 0 Å². The lowest BCUT2D eigenvalue weighted by Crippen LogP contribution is -2.13. The Bertz CT molecular complexity index is 511. The summed E-state index contributed by atoms with van der Waals surface area (Å²) in [6.07, 6.45) is 1.98. The molecule has 0 saturated heterocycles. The second kappa shape index (κ2) is 4.14. The van der Waals surface area contributed by atoms with E-state index >= 15 is 0 Å². The first-order chi connectivity index (χ1) is 7.59. The smallest absolute Gasteiger partial charge is 0.250 e. The summed E-state index contributed by atoms with van der Waals surface area (Å²) in [5.41, 5.74) is 7.89. The molecule has 2 aromatic rings. The van der Waals surface area contributed by atoms with Gasteiger partial charge < -0.3 is 10.3 Å². The number of nitrogens with zero attached hydrogens (tertiary/aromatic N) is 1. The summed E-state index contributed by atoms with van der Waals surface area (Å²) in [5.74, 6) is -0.347. The van der Waals surface area contributed by atoms with Crippen LogP contribution in [0.1, 0.15) is 26.5 Å². The molecular formula is C12H14N2OS. The molecule has 84 valence electrons. The van der Waals surface area contributed by atoms with Crippen LogP contribution in [0.15, 0.2) is 23.7 Å². The van der Waals surface area contributed by atoms with Crippen molar-refractivity contribution in [1.82, 2.24) is 4.57 Å².